The lowest BCUT2D eigenvalue weighted by atomic mass is 10.0. The van der Waals surface area contributed by atoms with Gasteiger partial charge in [-0.1, -0.05) is 48.5 Å². The molecule has 26 heavy (non-hydrogen) atoms. The molecule has 2 N–H and O–H groups in total. The highest BCUT2D eigenvalue weighted by atomic mass is 19.1. The van der Waals surface area contributed by atoms with Crippen LogP contribution in [-0.2, 0) is 6.61 Å². The van der Waals surface area contributed by atoms with E-state index in [2.05, 4.69) is 0 Å². The maximum absolute atomic E-state index is 14.3. The van der Waals surface area contributed by atoms with Gasteiger partial charge in [-0.25, -0.2) is 4.39 Å². The Bertz CT molecular complexity index is 865. The lowest BCUT2D eigenvalue weighted by Gasteiger charge is -2.14. The molecule has 0 unspecified atom stereocenters. The minimum Gasteiger partial charge on any atom is -0.488 e. The molecule has 3 rings (SSSR count). The van der Waals surface area contributed by atoms with Gasteiger partial charge in [0.1, 0.15) is 19.0 Å². The van der Waals surface area contributed by atoms with Gasteiger partial charge >= 0.3 is 0 Å². The van der Waals surface area contributed by atoms with Crippen LogP contribution >= 0.6 is 0 Å². The van der Waals surface area contributed by atoms with E-state index in [-0.39, 0.29) is 5.82 Å². The van der Waals surface area contributed by atoms with Crippen molar-refractivity contribution in [3.63, 3.8) is 0 Å². The Balaban J connectivity index is 1.90. The largest absolute Gasteiger partial charge is 0.488 e. The van der Waals surface area contributed by atoms with E-state index < -0.39 is 0 Å². The van der Waals surface area contributed by atoms with Crippen molar-refractivity contribution in [2.45, 2.75) is 13.5 Å². The van der Waals surface area contributed by atoms with Gasteiger partial charge in [-0.15, -0.1) is 0 Å². The summed E-state index contributed by atoms with van der Waals surface area (Å²) in [5.74, 6) is 0.914. The van der Waals surface area contributed by atoms with E-state index in [4.69, 9.17) is 15.2 Å². The molecule has 3 nitrogen and oxygen atoms in total. The first kappa shape index (κ1) is 18.0. The fourth-order valence-electron chi connectivity index (χ4n) is 2.67. The molecule has 4 heteroatoms. The molecule has 0 spiro atoms. The van der Waals surface area contributed by atoms with Crippen molar-refractivity contribution in [3.05, 3.63) is 83.7 Å². The van der Waals surface area contributed by atoms with Gasteiger partial charge in [0.05, 0.1) is 0 Å². The fourth-order valence-corrected chi connectivity index (χ4v) is 2.67. The van der Waals surface area contributed by atoms with E-state index in [9.17, 15) is 4.39 Å². The van der Waals surface area contributed by atoms with Gasteiger partial charge in [-0.3, -0.25) is 0 Å². The molecule has 3 aromatic carbocycles. The number of hydrogen-bond acceptors (Lipinski definition) is 3. The van der Waals surface area contributed by atoms with Crippen molar-refractivity contribution < 1.29 is 13.9 Å². The molecule has 0 aliphatic heterocycles. The summed E-state index contributed by atoms with van der Waals surface area (Å²) in [7, 11) is 0. The lowest BCUT2D eigenvalue weighted by Crippen LogP contribution is -2.11. The van der Waals surface area contributed by atoms with Crippen LogP contribution in [0.15, 0.2) is 66.7 Å². The highest BCUT2D eigenvalue weighted by molar-refractivity contribution is 5.68. The van der Waals surface area contributed by atoms with Crippen LogP contribution in [0.4, 0.5) is 4.39 Å². The zero-order valence-electron chi connectivity index (χ0n) is 14.7. The van der Waals surface area contributed by atoms with E-state index in [0.717, 1.165) is 16.7 Å². The number of aryl methyl sites for hydroxylation is 1. The van der Waals surface area contributed by atoms with Gasteiger partial charge in [0.2, 0.25) is 0 Å². The van der Waals surface area contributed by atoms with Gasteiger partial charge in [-0.05, 0) is 41.8 Å². The predicted octanol–water partition coefficient (Wildman–Crippen LogP) is 4.72. The summed E-state index contributed by atoms with van der Waals surface area (Å²) in [6.45, 7) is 3.07. The highest BCUT2D eigenvalue weighted by Gasteiger charge is 2.11. The lowest BCUT2D eigenvalue weighted by molar-refractivity contribution is 0.266. The Morgan fingerprint density at radius 3 is 2.42 bits per heavy atom. The Kier molecular flexibility index (Phi) is 5.87. The number of rotatable bonds is 7. The second kappa shape index (κ2) is 8.50. The van der Waals surface area contributed by atoms with Gasteiger partial charge in [-0.2, -0.15) is 0 Å². The molecule has 0 bridgehead atoms. The Morgan fingerprint density at radius 1 is 0.885 bits per heavy atom. The van der Waals surface area contributed by atoms with Crippen molar-refractivity contribution in [2.24, 2.45) is 5.73 Å². The van der Waals surface area contributed by atoms with Crippen LogP contribution in [0.1, 0.15) is 11.1 Å². The Labute approximate surface area is 153 Å². The SMILES string of the molecule is Cc1ccc(-c2ccc(OCCN)c(OCc3ccccc3)c2)c(F)c1. The summed E-state index contributed by atoms with van der Waals surface area (Å²) >= 11 is 0. The number of benzene rings is 3. The summed E-state index contributed by atoms with van der Waals surface area (Å²) < 4.78 is 26.0. The van der Waals surface area contributed by atoms with Crippen LogP contribution in [0.5, 0.6) is 11.5 Å². The monoisotopic (exact) mass is 351 g/mol. The van der Waals surface area contributed by atoms with Crippen LogP contribution in [-0.4, -0.2) is 13.2 Å². The third-order valence-corrected chi connectivity index (χ3v) is 3.99. The first-order chi connectivity index (χ1) is 12.7. The zero-order valence-corrected chi connectivity index (χ0v) is 14.7. The van der Waals surface area contributed by atoms with Crippen molar-refractivity contribution in [1.29, 1.82) is 0 Å². The first-order valence-electron chi connectivity index (χ1n) is 8.57. The molecule has 134 valence electrons. The van der Waals surface area contributed by atoms with Crippen molar-refractivity contribution >= 4 is 0 Å². The fraction of sp³-hybridized carbons (Fsp3) is 0.182. The van der Waals surface area contributed by atoms with Crippen LogP contribution in [0, 0.1) is 12.7 Å². The molecule has 3 aromatic rings. The minimum absolute atomic E-state index is 0.255. The van der Waals surface area contributed by atoms with Crippen LogP contribution in [0.2, 0.25) is 0 Å². The quantitative estimate of drug-likeness (QED) is 0.670. The summed E-state index contributed by atoms with van der Waals surface area (Å²) in [4.78, 5) is 0. The Hall–Kier alpha value is -2.85. The molecule has 0 heterocycles. The summed E-state index contributed by atoms with van der Waals surface area (Å²) in [5.41, 5.74) is 8.73. The molecule has 0 saturated heterocycles. The Morgan fingerprint density at radius 2 is 1.69 bits per heavy atom. The van der Waals surface area contributed by atoms with E-state index in [1.54, 1.807) is 12.1 Å². The van der Waals surface area contributed by atoms with Crippen LogP contribution in [0.3, 0.4) is 0 Å². The maximum Gasteiger partial charge on any atom is 0.162 e. The normalized spacial score (nSPS) is 10.6. The highest BCUT2D eigenvalue weighted by Crippen LogP contribution is 2.34. The topological polar surface area (TPSA) is 44.5 Å². The van der Waals surface area contributed by atoms with Gasteiger partial charge in [0.25, 0.3) is 0 Å². The van der Waals surface area contributed by atoms with Crippen molar-refractivity contribution in [1.82, 2.24) is 0 Å². The average Bonchev–Trinajstić information content (AvgIpc) is 2.66. The molecule has 0 saturated carbocycles. The summed E-state index contributed by atoms with van der Waals surface area (Å²) in [5, 5.41) is 0. The third kappa shape index (κ3) is 4.41. The summed E-state index contributed by atoms with van der Waals surface area (Å²) in [6, 6.07) is 20.5. The molecular formula is C22H22FNO2. The van der Waals surface area contributed by atoms with Crippen molar-refractivity contribution in [2.75, 3.05) is 13.2 Å². The molecule has 0 fully saturated rings. The molecule has 0 aromatic heterocycles. The standard InChI is InChI=1S/C22H22FNO2/c1-16-7-9-19(20(23)13-16)18-8-10-21(25-12-11-24)22(14-18)26-15-17-5-3-2-4-6-17/h2-10,13-14H,11-12,15,24H2,1H3. The third-order valence-electron chi connectivity index (χ3n) is 3.99. The van der Waals surface area contributed by atoms with E-state index >= 15 is 0 Å². The van der Waals surface area contributed by atoms with Crippen LogP contribution < -0.4 is 15.2 Å². The van der Waals surface area contributed by atoms with E-state index in [1.807, 2.05) is 55.5 Å². The molecule has 0 atom stereocenters. The first-order valence-corrected chi connectivity index (χ1v) is 8.57. The number of halogens is 1. The number of ether oxygens (including phenoxy) is 2. The summed E-state index contributed by atoms with van der Waals surface area (Å²) in [6.07, 6.45) is 0. The maximum atomic E-state index is 14.3. The smallest absolute Gasteiger partial charge is 0.162 e. The second-order valence-corrected chi connectivity index (χ2v) is 6.06. The molecule has 0 radical (unpaired) electrons. The van der Waals surface area contributed by atoms with Gasteiger partial charge in [0, 0.05) is 12.1 Å². The van der Waals surface area contributed by atoms with E-state index in [1.165, 1.54) is 6.07 Å². The van der Waals surface area contributed by atoms with Crippen LogP contribution in [0.25, 0.3) is 11.1 Å². The number of hydrogen-bond donors (Lipinski definition) is 1. The van der Waals surface area contributed by atoms with Crippen molar-refractivity contribution in [3.8, 4) is 22.6 Å². The zero-order chi connectivity index (χ0) is 18.4. The molecule has 0 aliphatic carbocycles. The molecule has 0 aliphatic rings. The minimum atomic E-state index is -0.255. The second-order valence-electron chi connectivity index (χ2n) is 6.06. The molecule has 0 amide bonds. The van der Waals surface area contributed by atoms with E-state index in [0.29, 0.717) is 36.8 Å². The molecular weight excluding hydrogens is 329 g/mol. The van der Waals surface area contributed by atoms with Gasteiger partial charge in [0.15, 0.2) is 11.5 Å². The average molecular weight is 351 g/mol. The number of nitrogens with two attached hydrogens (primary N) is 1. The predicted molar refractivity (Wildman–Crippen MR) is 102 cm³/mol. The van der Waals surface area contributed by atoms with Gasteiger partial charge < -0.3 is 15.2 Å².